The predicted octanol–water partition coefficient (Wildman–Crippen LogP) is 4.66. The van der Waals surface area contributed by atoms with Crippen molar-refractivity contribution in [2.75, 3.05) is 11.9 Å². The topological polar surface area (TPSA) is 62.3 Å². The van der Waals surface area contributed by atoms with Crippen LogP contribution in [0.15, 0.2) is 66.9 Å². The van der Waals surface area contributed by atoms with Gasteiger partial charge in [0, 0.05) is 30.5 Å². The van der Waals surface area contributed by atoms with Gasteiger partial charge in [-0.25, -0.2) is 0 Å². The molecule has 3 aromatic rings. The first-order valence-electron chi connectivity index (χ1n) is 10.3. The Hall–Kier alpha value is -3.47. The normalized spacial score (nSPS) is 13.1. The number of amides is 2. The lowest BCUT2D eigenvalue weighted by Crippen LogP contribution is -2.36. The fourth-order valence-corrected chi connectivity index (χ4v) is 3.84. The van der Waals surface area contributed by atoms with Crippen LogP contribution in [0.25, 0.3) is 0 Å². The van der Waals surface area contributed by atoms with Crippen LogP contribution in [0.2, 0.25) is 0 Å². The van der Waals surface area contributed by atoms with E-state index in [1.54, 1.807) is 12.1 Å². The van der Waals surface area contributed by atoms with Gasteiger partial charge in [-0.1, -0.05) is 56.3 Å². The van der Waals surface area contributed by atoms with Crippen molar-refractivity contribution in [3.63, 3.8) is 0 Å². The third-order valence-electron chi connectivity index (χ3n) is 5.49. The largest absolute Gasteiger partial charge is 0.334 e. The Morgan fingerprint density at radius 3 is 2.53 bits per heavy atom. The standard InChI is InChI=1S/C25H25N3O2/c1-17(2)21-9-5-6-10-22(21)27-24(29)23-15-19(11-13-26-23)25(30)28-14-12-18-7-3-4-8-20(18)16-28/h3-11,13,15,17H,12,14,16H2,1-2H3,(H,27,29). The smallest absolute Gasteiger partial charge is 0.274 e. The summed E-state index contributed by atoms with van der Waals surface area (Å²) in [4.78, 5) is 31.9. The number of hydrogen-bond donors (Lipinski definition) is 1. The molecule has 0 fully saturated rings. The fourth-order valence-electron chi connectivity index (χ4n) is 3.84. The van der Waals surface area contributed by atoms with Gasteiger partial charge in [0.15, 0.2) is 0 Å². The van der Waals surface area contributed by atoms with Gasteiger partial charge in [-0.2, -0.15) is 0 Å². The van der Waals surface area contributed by atoms with Gasteiger partial charge in [0.2, 0.25) is 0 Å². The molecule has 1 N–H and O–H groups in total. The molecule has 0 bridgehead atoms. The molecule has 5 nitrogen and oxygen atoms in total. The summed E-state index contributed by atoms with van der Waals surface area (Å²) in [5.41, 5.74) is 5.01. The number of carbonyl (C=O) groups is 2. The van der Waals surface area contributed by atoms with Gasteiger partial charge in [-0.3, -0.25) is 14.6 Å². The van der Waals surface area contributed by atoms with Crippen LogP contribution < -0.4 is 5.32 Å². The zero-order chi connectivity index (χ0) is 21.1. The van der Waals surface area contributed by atoms with E-state index in [-0.39, 0.29) is 23.4 Å². The van der Waals surface area contributed by atoms with Crippen LogP contribution in [0.1, 0.15) is 57.3 Å². The van der Waals surface area contributed by atoms with E-state index < -0.39 is 0 Å². The molecule has 1 aliphatic heterocycles. The minimum Gasteiger partial charge on any atom is -0.334 e. The highest BCUT2D eigenvalue weighted by Crippen LogP contribution is 2.24. The monoisotopic (exact) mass is 399 g/mol. The van der Waals surface area contributed by atoms with E-state index >= 15 is 0 Å². The number of aromatic nitrogens is 1. The highest BCUT2D eigenvalue weighted by molar-refractivity contribution is 6.05. The lowest BCUT2D eigenvalue weighted by molar-refractivity contribution is 0.0734. The maximum Gasteiger partial charge on any atom is 0.274 e. The van der Waals surface area contributed by atoms with Crippen LogP contribution in [0, 0.1) is 0 Å². The van der Waals surface area contributed by atoms with Gasteiger partial charge in [0.05, 0.1) is 0 Å². The van der Waals surface area contributed by atoms with Crippen molar-refractivity contribution in [1.29, 1.82) is 0 Å². The molecule has 152 valence electrons. The average molecular weight is 399 g/mol. The van der Waals surface area contributed by atoms with Crippen molar-refractivity contribution in [2.45, 2.75) is 32.7 Å². The van der Waals surface area contributed by atoms with Crippen molar-refractivity contribution in [2.24, 2.45) is 0 Å². The maximum absolute atomic E-state index is 13.1. The van der Waals surface area contributed by atoms with Crippen molar-refractivity contribution in [3.8, 4) is 0 Å². The molecule has 0 atom stereocenters. The van der Waals surface area contributed by atoms with Gasteiger partial charge >= 0.3 is 0 Å². The summed E-state index contributed by atoms with van der Waals surface area (Å²) in [6, 6.07) is 19.2. The van der Waals surface area contributed by atoms with Crippen molar-refractivity contribution < 1.29 is 9.59 Å². The number of fused-ring (bicyclic) bond motifs is 1. The average Bonchev–Trinajstić information content (AvgIpc) is 2.78. The summed E-state index contributed by atoms with van der Waals surface area (Å²) in [5.74, 6) is -0.116. The second kappa shape index (κ2) is 8.49. The summed E-state index contributed by atoms with van der Waals surface area (Å²) in [6.07, 6.45) is 2.36. The highest BCUT2D eigenvalue weighted by atomic mass is 16.2. The third-order valence-corrected chi connectivity index (χ3v) is 5.49. The van der Waals surface area contributed by atoms with Crippen LogP contribution in [-0.4, -0.2) is 28.2 Å². The number of nitrogens with one attached hydrogen (secondary N) is 1. The number of benzene rings is 2. The molecule has 0 radical (unpaired) electrons. The molecule has 1 aromatic heterocycles. The molecule has 4 rings (SSSR count). The third kappa shape index (κ3) is 4.10. The van der Waals surface area contributed by atoms with Crippen molar-refractivity contribution in [1.82, 2.24) is 9.88 Å². The molecule has 5 heteroatoms. The summed E-state index contributed by atoms with van der Waals surface area (Å²) in [6.45, 7) is 5.42. The number of nitrogens with zero attached hydrogens (tertiary/aromatic N) is 2. The molecule has 0 spiro atoms. The molecular formula is C25H25N3O2. The minimum absolute atomic E-state index is 0.0801. The Morgan fingerprint density at radius 2 is 1.73 bits per heavy atom. The van der Waals surface area contributed by atoms with Crippen LogP contribution >= 0.6 is 0 Å². The van der Waals surface area contributed by atoms with Gasteiger partial charge in [-0.15, -0.1) is 0 Å². The van der Waals surface area contributed by atoms with Crippen molar-refractivity contribution in [3.05, 3.63) is 94.8 Å². The molecule has 2 aromatic carbocycles. The fraction of sp³-hybridized carbons (Fsp3) is 0.240. The molecule has 2 amide bonds. The number of para-hydroxylation sites is 1. The summed E-state index contributed by atoms with van der Waals surface area (Å²) >= 11 is 0. The van der Waals surface area contributed by atoms with Gasteiger partial charge < -0.3 is 10.2 Å². The number of pyridine rings is 1. The molecule has 30 heavy (non-hydrogen) atoms. The molecule has 0 aliphatic carbocycles. The molecule has 0 saturated carbocycles. The number of rotatable bonds is 4. The maximum atomic E-state index is 13.1. The first-order chi connectivity index (χ1) is 14.5. The molecule has 0 saturated heterocycles. The van der Waals surface area contributed by atoms with Crippen LogP contribution in [0.5, 0.6) is 0 Å². The Labute approximate surface area is 176 Å². The van der Waals surface area contributed by atoms with E-state index in [1.807, 2.05) is 41.3 Å². The number of carbonyl (C=O) groups excluding carboxylic acids is 2. The Morgan fingerprint density at radius 1 is 1.00 bits per heavy atom. The van der Waals surface area contributed by atoms with Gasteiger partial charge in [-0.05, 0) is 47.2 Å². The zero-order valence-electron chi connectivity index (χ0n) is 17.3. The van der Waals surface area contributed by atoms with E-state index in [4.69, 9.17) is 0 Å². The van der Waals surface area contributed by atoms with Gasteiger partial charge in [0.25, 0.3) is 11.8 Å². The molecule has 1 aliphatic rings. The van der Waals surface area contributed by atoms with E-state index in [0.717, 1.165) is 17.7 Å². The molecular weight excluding hydrogens is 374 g/mol. The number of anilines is 1. The van der Waals surface area contributed by atoms with Crippen molar-refractivity contribution >= 4 is 17.5 Å². The Balaban J connectivity index is 1.52. The van der Waals surface area contributed by atoms with E-state index in [1.165, 1.54) is 17.3 Å². The van der Waals surface area contributed by atoms with E-state index in [0.29, 0.717) is 18.7 Å². The Bertz CT molecular complexity index is 1090. The van der Waals surface area contributed by atoms with Crippen LogP contribution in [0.3, 0.4) is 0 Å². The SMILES string of the molecule is CC(C)c1ccccc1NC(=O)c1cc(C(=O)N2CCc3ccccc3C2)ccn1. The van der Waals surface area contributed by atoms with E-state index in [9.17, 15) is 9.59 Å². The number of hydrogen-bond acceptors (Lipinski definition) is 3. The molecule has 2 heterocycles. The van der Waals surface area contributed by atoms with Gasteiger partial charge in [0.1, 0.15) is 5.69 Å². The predicted molar refractivity (Wildman–Crippen MR) is 118 cm³/mol. The van der Waals surface area contributed by atoms with E-state index in [2.05, 4.69) is 36.3 Å². The van der Waals surface area contributed by atoms with Crippen LogP contribution in [-0.2, 0) is 13.0 Å². The van der Waals surface area contributed by atoms with Crippen LogP contribution in [0.4, 0.5) is 5.69 Å². The summed E-state index contributed by atoms with van der Waals surface area (Å²) in [5, 5.41) is 2.94. The first kappa shape index (κ1) is 19.8. The second-order valence-corrected chi connectivity index (χ2v) is 7.87. The minimum atomic E-state index is -0.318. The first-order valence-corrected chi connectivity index (χ1v) is 10.3. The summed E-state index contributed by atoms with van der Waals surface area (Å²) in [7, 11) is 0. The lowest BCUT2D eigenvalue weighted by atomic mass is 9.99. The highest BCUT2D eigenvalue weighted by Gasteiger charge is 2.22. The Kier molecular flexibility index (Phi) is 5.61. The molecule has 0 unspecified atom stereocenters. The second-order valence-electron chi connectivity index (χ2n) is 7.87. The summed E-state index contributed by atoms with van der Waals surface area (Å²) < 4.78 is 0. The lowest BCUT2D eigenvalue weighted by Gasteiger charge is -2.29. The zero-order valence-corrected chi connectivity index (χ0v) is 17.3. The quantitative estimate of drug-likeness (QED) is 0.694.